The van der Waals surface area contributed by atoms with Crippen molar-refractivity contribution in [3.63, 3.8) is 0 Å². The minimum Gasteiger partial charge on any atom is -0.388 e. The Morgan fingerprint density at radius 3 is 2.62 bits per heavy atom. The van der Waals surface area contributed by atoms with Crippen molar-refractivity contribution in [3.05, 3.63) is 23.8 Å². The van der Waals surface area contributed by atoms with Gasteiger partial charge in [0.2, 0.25) is 0 Å². The lowest BCUT2D eigenvalue weighted by atomic mass is 9.71. The number of methoxy groups -OCH3 is 1. The first-order valence-corrected chi connectivity index (χ1v) is 8.05. The van der Waals surface area contributed by atoms with Gasteiger partial charge in [-0.15, -0.1) is 0 Å². The van der Waals surface area contributed by atoms with E-state index < -0.39 is 11.7 Å². The summed E-state index contributed by atoms with van der Waals surface area (Å²) in [6.07, 6.45) is 4.74. The van der Waals surface area contributed by atoms with E-state index in [1.165, 1.54) is 0 Å². The number of allylic oxidation sites excluding steroid dienone is 1. The number of rotatable bonds is 5. The third-order valence-electron chi connectivity index (χ3n) is 5.70. The first kappa shape index (κ1) is 16.7. The standard InChI is InChI=1S/C18H30O3/c1-12(2)14-8-10-17(4,13(14)3)16(19)15-7-6-9-18(15,20)11-21-5/h7,12,14,16,19-20H,3,6,8-11H2,1-2,4-5H3/t14-,16-,17+,18+/m1/s1. The first-order chi connectivity index (χ1) is 9.76. The van der Waals surface area contributed by atoms with E-state index in [1.54, 1.807) is 7.11 Å². The molecular formula is C18H30O3. The molecule has 0 unspecified atom stereocenters. The van der Waals surface area contributed by atoms with Crippen LogP contribution in [0.3, 0.4) is 0 Å². The lowest BCUT2D eigenvalue weighted by molar-refractivity contribution is -0.0287. The molecule has 0 aromatic carbocycles. The van der Waals surface area contributed by atoms with Crippen LogP contribution in [0.25, 0.3) is 0 Å². The summed E-state index contributed by atoms with van der Waals surface area (Å²) in [6, 6.07) is 0. The predicted molar refractivity (Wildman–Crippen MR) is 85.0 cm³/mol. The number of hydrogen-bond donors (Lipinski definition) is 2. The van der Waals surface area contributed by atoms with Crippen molar-refractivity contribution in [2.24, 2.45) is 17.3 Å². The van der Waals surface area contributed by atoms with Gasteiger partial charge in [-0.25, -0.2) is 0 Å². The second-order valence-electron chi connectivity index (χ2n) is 7.40. The second-order valence-corrected chi connectivity index (χ2v) is 7.40. The van der Waals surface area contributed by atoms with Gasteiger partial charge in [0.25, 0.3) is 0 Å². The minimum atomic E-state index is -1.02. The normalized spacial score (nSPS) is 38.1. The molecular weight excluding hydrogens is 264 g/mol. The van der Waals surface area contributed by atoms with Crippen LogP contribution in [-0.2, 0) is 4.74 Å². The average molecular weight is 294 g/mol. The van der Waals surface area contributed by atoms with Gasteiger partial charge in [-0.1, -0.05) is 39.0 Å². The molecule has 0 spiro atoms. The summed E-state index contributed by atoms with van der Waals surface area (Å²) in [5.41, 5.74) is 0.509. The molecule has 0 radical (unpaired) electrons. The topological polar surface area (TPSA) is 49.7 Å². The zero-order chi connectivity index (χ0) is 15.8. The largest absolute Gasteiger partial charge is 0.388 e. The number of ether oxygens (including phenoxy) is 1. The Kier molecular flexibility index (Phi) is 4.67. The van der Waals surface area contributed by atoms with Crippen LogP contribution in [0.5, 0.6) is 0 Å². The van der Waals surface area contributed by atoms with Crippen LogP contribution in [0.1, 0.15) is 46.5 Å². The van der Waals surface area contributed by atoms with Gasteiger partial charge in [-0.05, 0) is 43.1 Å². The molecule has 1 fully saturated rings. The van der Waals surface area contributed by atoms with E-state index in [4.69, 9.17) is 4.74 Å². The molecule has 0 aromatic rings. The van der Waals surface area contributed by atoms with Crippen LogP contribution in [-0.4, -0.2) is 35.6 Å². The lowest BCUT2D eigenvalue weighted by Crippen LogP contribution is -2.44. The van der Waals surface area contributed by atoms with E-state index in [2.05, 4.69) is 27.4 Å². The van der Waals surface area contributed by atoms with Gasteiger partial charge in [-0.3, -0.25) is 0 Å². The highest BCUT2D eigenvalue weighted by Crippen LogP contribution is 2.53. The fourth-order valence-electron chi connectivity index (χ4n) is 4.17. The summed E-state index contributed by atoms with van der Waals surface area (Å²) in [5.74, 6) is 1.00. The molecule has 120 valence electrons. The second kappa shape index (κ2) is 5.86. The SMILES string of the molecule is C=C1[C@@H](C(C)C)CC[C@]1(C)[C@H](O)C1=CCC[C@]1(O)COC. The van der Waals surface area contributed by atoms with Crippen LogP contribution in [0.4, 0.5) is 0 Å². The van der Waals surface area contributed by atoms with Crippen molar-refractivity contribution >= 4 is 0 Å². The summed E-state index contributed by atoms with van der Waals surface area (Å²) in [4.78, 5) is 0. The summed E-state index contributed by atoms with van der Waals surface area (Å²) in [7, 11) is 1.59. The molecule has 3 heteroatoms. The van der Waals surface area contributed by atoms with Gasteiger partial charge in [-0.2, -0.15) is 0 Å². The quantitative estimate of drug-likeness (QED) is 0.766. The monoisotopic (exact) mass is 294 g/mol. The van der Waals surface area contributed by atoms with Gasteiger partial charge in [0.1, 0.15) is 5.60 Å². The Bertz CT molecular complexity index is 440. The van der Waals surface area contributed by atoms with Gasteiger partial charge in [0.05, 0.1) is 12.7 Å². The average Bonchev–Trinajstić information content (AvgIpc) is 2.92. The summed E-state index contributed by atoms with van der Waals surface area (Å²) >= 11 is 0. The third-order valence-corrected chi connectivity index (χ3v) is 5.70. The van der Waals surface area contributed by atoms with Crippen LogP contribution in [0.2, 0.25) is 0 Å². The van der Waals surface area contributed by atoms with Crippen LogP contribution < -0.4 is 0 Å². The predicted octanol–water partition coefficient (Wildman–Crippen LogP) is 3.07. The minimum absolute atomic E-state index is 0.242. The van der Waals surface area contributed by atoms with Crippen molar-refractivity contribution in [2.75, 3.05) is 13.7 Å². The molecule has 0 bridgehead atoms. The van der Waals surface area contributed by atoms with E-state index in [-0.39, 0.29) is 12.0 Å². The van der Waals surface area contributed by atoms with E-state index in [0.717, 1.165) is 30.4 Å². The Balaban J connectivity index is 2.24. The maximum Gasteiger partial charge on any atom is 0.112 e. The highest BCUT2D eigenvalue weighted by atomic mass is 16.5. The molecule has 2 aliphatic carbocycles. The van der Waals surface area contributed by atoms with Crippen LogP contribution in [0.15, 0.2) is 23.8 Å². The molecule has 0 aliphatic heterocycles. The number of hydrogen-bond acceptors (Lipinski definition) is 3. The summed E-state index contributed by atoms with van der Waals surface area (Å²) in [6.45, 7) is 11.1. The molecule has 2 rings (SSSR count). The smallest absolute Gasteiger partial charge is 0.112 e. The molecule has 0 amide bonds. The molecule has 0 saturated heterocycles. The van der Waals surface area contributed by atoms with Gasteiger partial charge in [0, 0.05) is 12.5 Å². The van der Waals surface area contributed by atoms with Gasteiger partial charge < -0.3 is 14.9 Å². The highest BCUT2D eigenvalue weighted by Gasteiger charge is 2.50. The van der Waals surface area contributed by atoms with Crippen LogP contribution in [0, 0.1) is 17.3 Å². The molecule has 0 aromatic heterocycles. The van der Waals surface area contributed by atoms with Crippen LogP contribution >= 0.6 is 0 Å². The van der Waals surface area contributed by atoms with E-state index >= 15 is 0 Å². The molecule has 4 atom stereocenters. The molecule has 21 heavy (non-hydrogen) atoms. The Morgan fingerprint density at radius 1 is 1.43 bits per heavy atom. The third kappa shape index (κ3) is 2.71. The van der Waals surface area contributed by atoms with Gasteiger partial charge in [0.15, 0.2) is 0 Å². The van der Waals surface area contributed by atoms with Crippen molar-refractivity contribution in [3.8, 4) is 0 Å². The molecule has 0 heterocycles. The fraction of sp³-hybridized carbons (Fsp3) is 0.778. The lowest BCUT2D eigenvalue weighted by Gasteiger charge is -2.38. The molecule has 1 saturated carbocycles. The number of aliphatic hydroxyl groups is 2. The Morgan fingerprint density at radius 2 is 2.10 bits per heavy atom. The van der Waals surface area contributed by atoms with Gasteiger partial charge >= 0.3 is 0 Å². The summed E-state index contributed by atoms with van der Waals surface area (Å²) in [5, 5.41) is 21.8. The molecule has 3 nitrogen and oxygen atoms in total. The Labute approximate surface area is 128 Å². The van der Waals surface area contributed by atoms with Crippen molar-refractivity contribution in [2.45, 2.75) is 58.2 Å². The maximum absolute atomic E-state index is 11.0. The number of aliphatic hydroxyl groups excluding tert-OH is 1. The maximum atomic E-state index is 11.0. The van der Waals surface area contributed by atoms with E-state index in [1.807, 2.05) is 6.08 Å². The van der Waals surface area contributed by atoms with E-state index in [0.29, 0.717) is 18.3 Å². The highest BCUT2D eigenvalue weighted by molar-refractivity contribution is 5.34. The van der Waals surface area contributed by atoms with E-state index in [9.17, 15) is 10.2 Å². The first-order valence-electron chi connectivity index (χ1n) is 8.05. The summed E-state index contributed by atoms with van der Waals surface area (Å²) < 4.78 is 5.17. The zero-order valence-electron chi connectivity index (χ0n) is 13.9. The molecule has 2 aliphatic rings. The van der Waals surface area contributed by atoms with Crippen molar-refractivity contribution in [1.29, 1.82) is 0 Å². The fourth-order valence-corrected chi connectivity index (χ4v) is 4.17. The Hall–Kier alpha value is -0.640. The zero-order valence-corrected chi connectivity index (χ0v) is 13.9. The van der Waals surface area contributed by atoms with Crippen molar-refractivity contribution in [1.82, 2.24) is 0 Å². The van der Waals surface area contributed by atoms with Crippen molar-refractivity contribution < 1.29 is 14.9 Å². The molecule has 2 N–H and O–H groups in total.